The third-order valence-corrected chi connectivity index (χ3v) is 3.92. The minimum atomic E-state index is -1.05. The highest BCUT2D eigenvalue weighted by atomic mass is 35.5. The van der Waals surface area contributed by atoms with Gasteiger partial charge in [0.05, 0.1) is 10.5 Å². The largest absolute Gasteiger partial charge is 0.451 e. The molecule has 26 heavy (non-hydrogen) atoms. The summed E-state index contributed by atoms with van der Waals surface area (Å²) in [4.78, 5) is 36.8. The van der Waals surface area contributed by atoms with E-state index in [0.29, 0.717) is 16.3 Å². The second-order valence-corrected chi connectivity index (χ2v) is 6.21. The Kier molecular flexibility index (Phi) is 5.94. The molecule has 0 heterocycles. The van der Waals surface area contributed by atoms with Gasteiger partial charge >= 0.3 is 5.97 Å². The number of anilines is 1. The van der Waals surface area contributed by atoms with E-state index in [9.17, 15) is 19.7 Å². The molecule has 7 nitrogen and oxygen atoms in total. The van der Waals surface area contributed by atoms with E-state index < -0.39 is 22.8 Å². The Labute approximate surface area is 155 Å². The fourth-order valence-electron chi connectivity index (χ4n) is 2.31. The smallest absolute Gasteiger partial charge is 0.339 e. The van der Waals surface area contributed by atoms with Crippen LogP contribution in [0.4, 0.5) is 11.4 Å². The van der Waals surface area contributed by atoms with Crippen LogP contribution >= 0.6 is 11.6 Å². The van der Waals surface area contributed by atoms with Gasteiger partial charge < -0.3 is 9.64 Å². The number of ketones is 1. The van der Waals surface area contributed by atoms with Crippen LogP contribution in [0.25, 0.3) is 0 Å². The van der Waals surface area contributed by atoms with Gasteiger partial charge in [0.2, 0.25) is 5.78 Å². The molecule has 136 valence electrons. The number of Topliss-reactive ketones (excluding diaryl/α,β-unsaturated/α-hetero) is 1. The van der Waals surface area contributed by atoms with Crippen molar-refractivity contribution in [2.75, 3.05) is 19.0 Å². The van der Waals surface area contributed by atoms with Gasteiger partial charge in [-0.25, -0.2) is 4.79 Å². The van der Waals surface area contributed by atoms with Crippen molar-refractivity contribution in [1.82, 2.24) is 0 Å². The molecule has 0 aliphatic carbocycles. The SMILES string of the molecule is C[C@@H](OC(=O)c1ccc(N(C)C)c([N+](=O)[O-])c1)C(=O)c1ccc(Cl)cc1. The number of nitrogens with zero attached hydrogens (tertiary/aromatic N) is 2. The molecule has 0 saturated carbocycles. The van der Waals surface area contributed by atoms with Crippen LogP contribution < -0.4 is 4.90 Å². The van der Waals surface area contributed by atoms with Gasteiger partial charge in [0.1, 0.15) is 5.69 Å². The Hall–Kier alpha value is -2.93. The van der Waals surface area contributed by atoms with Crippen molar-refractivity contribution < 1.29 is 19.2 Å². The van der Waals surface area contributed by atoms with Crippen LogP contribution in [0.2, 0.25) is 5.02 Å². The van der Waals surface area contributed by atoms with Gasteiger partial charge in [0.25, 0.3) is 5.69 Å². The number of benzene rings is 2. The molecule has 0 aromatic heterocycles. The number of rotatable bonds is 6. The summed E-state index contributed by atoms with van der Waals surface area (Å²) in [6, 6.07) is 10.2. The molecular formula is C18H17ClN2O5. The van der Waals surface area contributed by atoms with Crippen molar-refractivity contribution in [3.8, 4) is 0 Å². The molecule has 0 unspecified atom stereocenters. The maximum Gasteiger partial charge on any atom is 0.339 e. The van der Waals surface area contributed by atoms with Crippen molar-refractivity contribution in [2.24, 2.45) is 0 Å². The van der Waals surface area contributed by atoms with E-state index in [0.717, 1.165) is 6.07 Å². The van der Waals surface area contributed by atoms with Crippen LogP contribution in [0.5, 0.6) is 0 Å². The Morgan fingerprint density at radius 3 is 2.23 bits per heavy atom. The van der Waals surface area contributed by atoms with Crippen molar-refractivity contribution in [2.45, 2.75) is 13.0 Å². The zero-order valence-electron chi connectivity index (χ0n) is 14.4. The molecule has 0 fully saturated rings. The summed E-state index contributed by atoms with van der Waals surface area (Å²) in [6.07, 6.45) is -1.05. The summed E-state index contributed by atoms with van der Waals surface area (Å²) in [7, 11) is 3.32. The molecule has 2 aromatic carbocycles. The third-order valence-electron chi connectivity index (χ3n) is 3.67. The summed E-state index contributed by atoms with van der Waals surface area (Å²) < 4.78 is 5.16. The van der Waals surface area contributed by atoms with Gasteiger partial charge in [-0.15, -0.1) is 0 Å². The van der Waals surface area contributed by atoms with Gasteiger partial charge in [-0.2, -0.15) is 0 Å². The van der Waals surface area contributed by atoms with E-state index in [-0.39, 0.29) is 11.3 Å². The fourth-order valence-corrected chi connectivity index (χ4v) is 2.43. The summed E-state index contributed by atoms with van der Waals surface area (Å²) >= 11 is 5.78. The number of halogens is 1. The maximum absolute atomic E-state index is 12.3. The predicted molar refractivity (Wildman–Crippen MR) is 98.1 cm³/mol. The Bertz CT molecular complexity index is 849. The Morgan fingerprint density at radius 1 is 1.12 bits per heavy atom. The number of nitro benzene ring substituents is 1. The molecule has 0 bridgehead atoms. The lowest BCUT2D eigenvalue weighted by molar-refractivity contribution is -0.384. The van der Waals surface area contributed by atoms with Crippen molar-refractivity contribution in [3.05, 3.63) is 68.7 Å². The highest BCUT2D eigenvalue weighted by molar-refractivity contribution is 6.30. The van der Waals surface area contributed by atoms with Crippen molar-refractivity contribution in [3.63, 3.8) is 0 Å². The quantitative estimate of drug-likeness (QED) is 0.330. The molecule has 0 spiro atoms. The zero-order valence-corrected chi connectivity index (χ0v) is 15.2. The van der Waals surface area contributed by atoms with Crippen LogP contribution in [-0.2, 0) is 4.74 Å². The van der Waals surface area contributed by atoms with E-state index in [1.54, 1.807) is 31.1 Å². The number of carbonyl (C=O) groups is 2. The van der Waals surface area contributed by atoms with E-state index in [1.807, 2.05) is 0 Å². The standard InChI is InChI=1S/C18H17ClN2O5/c1-11(17(22)12-4-7-14(19)8-5-12)26-18(23)13-6-9-15(20(2)3)16(10-13)21(24)25/h4-11H,1-3H3/t11-/m1/s1. The molecular weight excluding hydrogens is 360 g/mol. The lowest BCUT2D eigenvalue weighted by Gasteiger charge is -2.15. The lowest BCUT2D eigenvalue weighted by atomic mass is 10.1. The molecule has 0 N–H and O–H groups in total. The van der Waals surface area contributed by atoms with Gasteiger partial charge in [0, 0.05) is 30.7 Å². The van der Waals surface area contributed by atoms with Crippen LogP contribution in [0, 0.1) is 10.1 Å². The van der Waals surface area contributed by atoms with E-state index in [4.69, 9.17) is 16.3 Å². The van der Waals surface area contributed by atoms with Crippen molar-refractivity contribution >= 4 is 34.7 Å². The van der Waals surface area contributed by atoms with Crippen molar-refractivity contribution in [1.29, 1.82) is 0 Å². The second-order valence-electron chi connectivity index (χ2n) is 5.77. The zero-order chi connectivity index (χ0) is 19.4. The van der Waals surface area contributed by atoms with Gasteiger partial charge in [-0.1, -0.05) is 11.6 Å². The van der Waals surface area contributed by atoms with E-state index in [2.05, 4.69) is 0 Å². The van der Waals surface area contributed by atoms with Crippen LogP contribution in [0.3, 0.4) is 0 Å². The van der Waals surface area contributed by atoms with E-state index in [1.165, 1.54) is 31.2 Å². The van der Waals surface area contributed by atoms with Gasteiger partial charge in [0.15, 0.2) is 6.10 Å². The minimum absolute atomic E-state index is 0.00180. The molecule has 0 amide bonds. The number of esters is 1. The fraction of sp³-hybridized carbons (Fsp3) is 0.222. The van der Waals surface area contributed by atoms with Crippen LogP contribution in [0.15, 0.2) is 42.5 Å². The molecule has 0 saturated heterocycles. The van der Waals surface area contributed by atoms with E-state index >= 15 is 0 Å². The minimum Gasteiger partial charge on any atom is -0.451 e. The number of hydrogen-bond donors (Lipinski definition) is 0. The monoisotopic (exact) mass is 376 g/mol. The average Bonchev–Trinajstić information content (AvgIpc) is 2.60. The van der Waals surface area contributed by atoms with Crippen LogP contribution in [-0.4, -0.2) is 36.9 Å². The first kappa shape index (κ1) is 19.4. The Morgan fingerprint density at radius 2 is 1.69 bits per heavy atom. The highest BCUT2D eigenvalue weighted by Gasteiger charge is 2.23. The second kappa shape index (κ2) is 7.97. The molecule has 8 heteroatoms. The summed E-state index contributed by atoms with van der Waals surface area (Å²) in [5, 5.41) is 11.7. The Balaban J connectivity index is 2.18. The average molecular weight is 377 g/mol. The first-order chi connectivity index (χ1) is 12.2. The highest BCUT2D eigenvalue weighted by Crippen LogP contribution is 2.28. The molecule has 1 atom stereocenters. The predicted octanol–water partition coefficient (Wildman–Crippen LogP) is 3.74. The van der Waals surface area contributed by atoms with Gasteiger partial charge in [-0.05, 0) is 43.3 Å². The summed E-state index contributed by atoms with van der Waals surface area (Å²) in [5.41, 5.74) is 0.486. The molecule has 0 radical (unpaired) electrons. The molecule has 0 aliphatic heterocycles. The lowest BCUT2D eigenvalue weighted by Crippen LogP contribution is -2.24. The number of carbonyl (C=O) groups excluding carboxylic acids is 2. The number of ether oxygens (including phenoxy) is 1. The van der Waals surface area contributed by atoms with Gasteiger partial charge in [-0.3, -0.25) is 14.9 Å². The van der Waals surface area contributed by atoms with Crippen LogP contribution in [0.1, 0.15) is 27.6 Å². The first-order valence-electron chi connectivity index (χ1n) is 7.67. The number of hydrogen-bond acceptors (Lipinski definition) is 6. The topological polar surface area (TPSA) is 89.8 Å². The molecule has 0 aliphatic rings. The summed E-state index contributed by atoms with van der Waals surface area (Å²) in [5.74, 6) is -1.21. The first-order valence-corrected chi connectivity index (χ1v) is 8.05. The molecule has 2 aromatic rings. The summed E-state index contributed by atoms with van der Waals surface area (Å²) in [6.45, 7) is 1.44. The number of nitro groups is 1. The maximum atomic E-state index is 12.3. The normalized spacial score (nSPS) is 11.5. The molecule has 2 rings (SSSR count). The third kappa shape index (κ3) is 4.37.